The molecule has 2 N–H and O–H groups in total. The molecule has 0 aliphatic carbocycles. The van der Waals surface area contributed by atoms with Gasteiger partial charge in [0, 0.05) is 0 Å². The van der Waals surface area contributed by atoms with Crippen LogP contribution in [0.25, 0.3) is 0 Å². The van der Waals surface area contributed by atoms with E-state index in [0.717, 1.165) is 0 Å². The lowest BCUT2D eigenvalue weighted by molar-refractivity contribution is -0.115. The second-order valence-electron chi connectivity index (χ2n) is 3.01. The number of ether oxygens (including phenoxy) is 1. The highest BCUT2D eigenvalue weighted by atomic mass is 16.5. The van der Waals surface area contributed by atoms with Gasteiger partial charge in [-0.15, -0.1) is 0 Å². The predicted molar refractivity (Wildman–Crippen MR) is 60.2 cm³/mol. The summed E-state index contributed by atoms with van der Waals surface area (Å²) in [7, 11) is 1.73. The molecule has 0 unspecified atom stereocenters. The summed E-state index contributed by atoms with van der Waals surface area (Å²) in [4.78, 5) is 11.3. The molecule has 1 aromatic rings. The van der Waals surface area contributed by atoms with E-state index in [0.29, 0.717) is 24.6 Å². The van der Waals surface area contributed by atoms with Crippen LogP contribution in [0.4, 0.5) is 5.69 Å². The van der Waals surface area contributed by atoms with Crippen LogP contribution in [0.1, 0.15) is 6.92 Å². The molecule has 0 radical (unpaired) electrons. The molecule has 82 valence electrons. The number of anilines is 1. The quantitative estimate of drug-likeness (QED) is 0.765. The number of nitrogens with one attached hydrogen (secondary N) is 2. The summed E-state index contributed by atoms with van der Waals surface area (Å²) in [5.74, 6) is 0.620. The molecule has 0 saturated heterocycles. The molecular weight excluding hydrogens is 192 g/mol. The molecule has 0 spiro atoms. The molecular formula is C11H16N2O2. The van der Waals surface area contributed by atoms with Crippen molar-refractivity contribution in [2.24, 2.45) is 0 Å². The molecule has 0 aliphatic rings. The number of para-hydroxylation sites is 2. The van der Waals surface area contributed by atoms with Crippen LogP contribution in [0.5, 0.6) is 5.75 Å². The Labute approximate surface area is 89.6 Å². The number of amides is 1. The van der Waals surface area contributed by atoms with Gasteiger partial charge in [0.15, 0.2) is 0 Å². The molecule has 0 heterocycles. The van der Waals surface area contributed by atoms with Gasteiger partial charge in [0.05, 0.1) is 18.8 Å². The fourth-order valence-electron chi connectivity index (χ4n) is 1.21. The lowest BCUT2D eigenvalue weighted by atomic mass is 10.3. The van der Waals surface area contributed by atoms with Gasteiger partial charge < -0.3 is 15.4 Å². The maximum atomic E-state index is 11.3. The second kappa shape index (κ2) is 6.03. The van der Waals surface area contributed by atoms with E-state index < -0.39 is 0 Å². The van der Waals surface area contributed by atoms with Crippen LogP contribution < -0.4 is 15.4 Å². The number of hydrogen-bond donors (Lipinski definition) is 2. The first-order valence-electron chi connectivity index (χ1n) is 4.94. The zero-order chi connectivity index (χ0) is 11.1. The van der Waals surface area contributed by atoms with Gasteiger partial charge in [-0.2, -0.15) is 0 Å². The summed E-state index contributed by atoms with van der Waals surface area (Å²) in [5.41, 5.74) is 0.708. The molecule has 0 atom stereocenters. The van der Waals surface area contributed by atoms with Crippen molar-refractivity contribution in [3.8, 4) is 5.75 Å². The van der Waals surface area contributed by atoms with E-state index in [1.807, 2.05) is 31.2 Å². The van der Waals surface area contributed by atoms with Crippen molar-refractivity contribution in [3.05, 3.63) is 24.3 Å². The first kappa shape index (κ1) is 11.5. The highest BCUT2D eigenvalue weighted by Crippen LogP contribution is 2.23. The molecule has 1 amide bonds. The van der Waals surface area contributed by atoms with Crippen molar-refractivity contribution in [1.29, 1.82) is 0 Å². The number of hydrogen-bond acceptors (Lipinski definition) is 3. The normalized spacial score (nSPS) is 9.73. The SMILES string of the molecule is CCOc1ccccc1NC(=O)CNC. The lowest BCUT2D eigenvalue weighted by Crippen LogP contribution is -2.25. The fourth-order valence-corrected chi connectivity index (χ4v) is 1.21. The topological polar surface area (TPSA) is 50.4 Å². The van der Waals surface area contributed by atoms with Gasteiger partial charge in [0.1, 0.15) is 5.75 Å². The maximum absolute atomic E-state index is 11.3. The Balaban J connectivity index is 2.70. The van der Waals surface area contributed by atoms with Gasteiger partial charge in [0.25, 0.3) is 0 Å². The fraction of sp³-hybridized carbons (Fsp3) is 0.364. The largest absolute Gasteiger partial charge is 0.492 e. The molecule has 0 saturated carbocycles. The molecule has 0 aliphatic heterocycles. The van der Waals surface area contributed by atoms with E-state index in [1.54, 1.807) is 7.05 Å². The van der Waals surface area contributed by atoms with Crippen molar-refractivity contribution in [2.45, 2.75) is 6.92 Å². The van der Waals surface area contributed by atoms with Gasteiger partial charge in [-0.3, -0.25) is 4.79 Å². The summed E-state index contributed by atoms with van der Waals surface area (Å²) in [6.07, 6.45) is 0. The minimum absolute atomic E-state index is 0.0790. The van der Waals surface area contributed by atoms with E-state index >= 15 is 0 Å². The summed E-state index contributed by atoms with van der Waals surface area (Å²) in [6, 6.07) is 7.38. The zero-order valence-electron chi connectivity index (χ0n) is 9.04. The molecule has 0 bridgehead atoms. The number of carbonyl (C=O) groups excluding carboxylic acids is 1. The average molecular weight is 208 g/mol. The van der Waals surface area contributed by atoms with Crippen LogP contribution in [0, 0.1) is 0 Å². The molecule has 4 nitrogen and oxygen atoms in total. The highest BCUT2D eigenvalue weighted by Gasteiger charge is 2.05. The summed E-state index contributed by atoms with van der Waals surface area (Å²) < 4.78 is 5.38. The molecule has 4 heteroatoms. The molecule has 1 rings (SSSR count). The van der Waals surface area contributed by atoms with E-state index in [1.165, 1.54) is 0 Å². The first-order chi connectivity index (χ1) is 7.27. The van der Waals surface area contributed by atoms with Crippen molar-refractivity contribution in [2.75, 3.05) is 25.5 Å². The van der Waals surface area contributed by atoms with Gasteiger partial charge >= 0.3 is 0 Å². The van der Waals surface area contributed by atoms with Gasteiger partial charge in [-0.05, 0) is 26.1 Å². The van der Waals surface area contributed by atoms with Crippen LogP contribution in [0.3, 0.4) is 0 Å². The predicted octanol–water partition coefficient (Wildman–Crippen LogP) is 1.24. The molecule has 1 aromatic carbocycles. The van der Waals surface area contributed by atoms with E-state index in [4.69, 9.17) is 4.74 Å². The van der Waals surface area contributed by atoms with Crippen LogP contribution in [-0.2, 0) is 4.79 Å². The molecule has 15 heavy (non-hydrogen) atoms. The zero-order valence-corrected chi connectivity index (χ0v) is 9.04. The summed E-state index contributed by atoms with van der Waals surface area (Å²) in [5, 5.41) is 5.56. The molecule has 0 aromatic heterocycles. The van der Waals surface area contributed by atoms with Crippen LogP contribution in [-0.4, -0.2) is 26.1 Å². The Bertz CT molecular complexity index is 326. The van der Waals surface area contributed by atoms with E-state index in [-0.39, 0.29) is 5.91 Å². The number of carbonyl (C=O) groups is 1. The highest BCUT2D eigenvalue weighted by molar-refractivity contribution is 5.93. The van der Waals surface area contributed by atoms with Gasteiger partial charge in [-0.1, -0.05) is 12.1 Å². The van der Waals surface area contributed by atoms with Crippen molar-refractivity contribution < 1.29 is 9.53 Å². The van der Waals surface area contributed by atoms with E-state index in [9.17, 15) is 4.79 Å². The third kappa shape index (κ3) is 3.59. The van der Waals surface area contributed by atoms with Gasteiger partial charge in [0.2, 0.25) is 5.91 Å². The van der Waals surface area contributed by atoms with Crippen molar-refractivity contribution in [1.82, 2.24) is 5.32 Å². The standard InChI is InChI=1S/C11H16N2O2/c1-3-15-10-7-5-4-6-9(10)13-11(14)8-12-2/h4-7,12H,3,8H2,1-2H3,(H,13,14). The third-order valence-electron chi connectivity index (χ3n) is 1.80. The van der Waals surface area contributed by atoms with E-state index in [2.05, 4.69) is 10.6 Å². The Kier molecular flexibility index (Phi) is 4.63. The smallest absolute Gasteiger partial charge is 0.238 e. The Morgan fingerprint density at radius 2 is 2.13 bits per heavy atom. The monoisotopic (exact) mass is 208 g/mol. The third-order valence-corrected chi connectivity index (χ3v) is 1.80. The lowest BCUT2D eigenvalue weighted by Gasteiger charge is -2.10. The second-order valence-corrected chi connectivity index (χ2v) is 3.01. The minimum atomic E-state index is -0.0790. The van der Waals surface area contributed by atoms with Gasteiger partial charge in [-0.25, -0.2) is 0 Å². The summed E-state index contributed by atoms with van der Waals surface area (Å²) in [6.45, 7) is 2.78. The van der Waals surface area contributed by atoms with Crippen LogP contribution in [0.2, 0.25) is 0 Å². The van der Waals surface area contributed by atoms with Crippen molar-refractivity contribution >= 4 is 11.6 Å². The number of benzene rings is 1. The maximum Gasteiger partial charge on any atom is 0.238 e. The Morgan fingerprint density at radius 1 is 1.40 bits per heavy atom. The summed E-state index contributed by atoms with van der Waals surface area (Å²) >= 11 is 0. The van der Waals surface area contributed by atoms with Crippen molar-refractivity contribution in [3.63, 3.8) is 0 Å². The Hall–Kier alpha value is -1.55. The molecule has 0 fully saturated rings. The first-order valence-corrected chi connectivity index (χ1v) is 4.94. The minimum Gasteiger partial charge on any atom is -0.492 e. The average Bonchev–Trinajstić information content (AvgIpc) is 2.21. The van der Waals surface area contributed by atoms with Crippen LogP contribution in [0.15, 0.2) is 24.3 Å². The van der Waals surface area contributed by atoms with Crippen LogP contribution >= 0.6 is 0 Å². The number of rotatable bonds is 5. The number of likely N-dealkylation sites (N-methyl/N-ethyl adjacent to an activating group) is 1. The Morgan fingerprint density at radius 3 is 2.80 bits per heavy atom.